The number of ether oxygens (including phenoxy) is 1. The molecule has 0 saturated heterocycles. The van der Waals surface area contributed by atoms with E-state index < -0.39 is 34.3 Å². The lowest BCUT2D eigenvalue weighted by Gasteiger charge is -2.32. The first kappa shape index (κ1) is 30.6. The maximum absolute atomic E-state index is 13.9. The van der Waals surface area contributed by atoms with Crippen molar-refractivity contribution in [1.82, 2.24) is 10.2 Å². The Morgan fingerprint density at radius 1 is 0.975 bits per heavy atom. The Labute approximate surface area is 235 Å². The minimum absolute atomic E-state index is 0.0709. The van der Waals surface area contributed by atoms with E-state index in [9.17, 15) is 22.4 Å². The Balaban J connectivity index is 2.03. The van der Waals surface area contributed by atoms with Crippen LogP contribution in [0, 0.1) is 12.7 Å². The van der Waals surface area contributed by atoms with Gasteiger partial charge in [-0.05, 0) is 86.8 Å². The number of amides is 2. The Morgan fingerprint density at radius 3 is 2.17 bits per heavy atom. The number of carbonyl (C=O) groups is 2. The predicted octanol–water partition coefficient (Wildman–Crippen LogP) is 4.67. The smallest absolute Gasteiger partial charge is 0.264 e. The molecule has 0 aliphatic heterocycles. The Kier molecular flexibility index (Phi) is 10.3. The molecule has 3 aromatic carbocycles. The van der Waals surface area contributed by atoms with Crippen LogP contribution in [0.1, 0.15) is 38.3 Å². The van der Waals surface area contributed by atoms with Crippen LogP contribution in [0.5, 0.6) is 5.75 Å². The normalized spacial score (nSPS) is 12.8. The number of sulfonamides is 1. The quantitative estimate of drug-likeness (QED) is 0.342. The summed E-state index contributed by atoms with van der Waals surface area (Å²) < 4.78 is 47.5. The molecule has 3 rings (SSSR count). The molecule has 0 aliphatic rings. The molecule has 2 amide bonds. The minimum atomic E-state index is -4.26. The van der Waals surface area contributed by atoms with Gasteiger partial charge in [0.25, 0.3) is 10.0 Å². The number of halogens is 1. The molecule has 8 nitrogen and oxygen atoms in total. The summed E-state index contributed by atoms with van der Waals surface area (Å²) in [6.07, 6.45) is 0.711. The number of hydrogen-bond donors (Lipinski definition) is 1. The molecular weight excluding hydrogens is 533 g/mol. The van der Waals surface area contributed by atoms with Gasteiger partial charge in [0.2, 0.25) is 11.8 Å². The van der Waals surface area contributed by atoms with Gasteiger partial charge in [0.05, 0.1) is 17.7 Å². The molecule has 1 N–H and O–H groups in total. The van der Waals surface area contributed by atoms with Crippen LogP contribution in [0.2, 0.25) is 0 Å². The lowest BCUT2D eigenvalue weighted by atomic mass is 10.1. The van der Waals surface area contributed by atoms with Crippen molar-refractivity contribution in [2.24, 2.45) is 0 Å². The van der Waals surface area contributed by atoms with Crippen molar-refractivity contribution in [3.63, 3.8) is 0 Å². The number of benzene rings is 3. The van der Waals surface area contributed by atoms with Gasteiger partial charge in [-0.1, -0.05) is 31.2 Å². The number of hydrogen-bond acceptors (Lipinski definition) is 5. The number of nitrogens with one attached hydrogen (secondary N) is 1. The van der Waals surface area contributed by atoms with E-state index in [-0.39, 0.29) is 29.1 Å². The number of anilines is 1. The van der Waals surface area contributed by atoms with E-state index in [1.807, 2.05) is 45.0 Å². The molecule has 0 fully saturated rings. The molecule has 0 saturated carbocycles. The standard InChI is InChI=1S/C30H36FN3O5S/c1-6-22(3)32-30(36)23(4)33(19-24-10-8-7-9-21(24)2)29(35)20-34(26-13-11-25(31)12-14-26)40(37,38)28-17-15-27(39-5)16-18-28/h7-18,22-23H,6,19-20H2,1-5H3,(H,32,36). The lowest BCUT2D eigenvalue weighted by Crippen LogP contribution is -2.52. The second kappa shape index (κ2) is 13.4. The zero-order valence-corrected chi connectivity index (χ0v) is 24.2. The molecule has 3 aromatic rings. The van der Waals surface area contributed by atoms with Crippen LogP contribution in [-0.4, -0.2) is 50.9 Å². The summed E-state index contributed by atoms with van der Waals surface area (Å²) in [5.74, 6) is -1.01. The first-order valence-electron chi connectivity index (χ1n) is 13.0. The van der Waals surface area contributed by atoms with E-state index in [0.29, 0.717) is 12.2 Å². The highest BCUT2D eigenvalue weighted by molar-refractivity contribution is 7.92. The third kappa shape index (κ3) is 7.38. The lowest BCUT2D eigenvalue weighted by molar-refractivity contribution is -0.139. The molecule has 0 heterocycles. The molecule has 0 radical (unpaired) electrons. The molecule has 0 aliphatic carbocycles. The van der Waals surface area contributed by atoms with Crippen molar-refractivity contribution in [1.29, 1.82) is 0 Å². The van der Waals surface area contributed by atoms with E-state index in [0.717, 1.165) is 27.6 Å². The van der Waals surface area contributed by atoms with Gasteiger partial charge in [-0.2, -0.15) is 0 Å². The van der Waals surface area contributed by atoms with Crippen LogP contribution >= 0.6 is 0 Å². The van der Waals surface area contributed by atoms with Gasteiger partial charge in [0.15, 0.2) is 0 Å². The zero-order valence-electron chi connectivity index (χ0n) is 23.4. The second-order valence-electron chi connectivity index (χ2n) is 9.61. The van der Waals surface area contributed by atoms with Crippen molar-refractivity contribution in [3.05, 3.63) is 89.7 Å². The molecule has 2 atom stereocenters. The van der Waals surface area contributed by atoms with Crippen LogP contribution in [0.15, 0.2) is 77.7 Å². The average molecular weight is 570 g/mol. The fourth-order valence-electron chi connectivity index (χ4n) is 4.03. The highest BCUT2D eigenvalue weighted by Gasteiger charge is 2.33. The first-order chi connectivity index (χ1) is 19.0. The van der Waals surface area contributed by atoms with Gasteiger partial charge < -0.3 is 15.0 Å². The number of methoxy groups -OCH3 is 1. The molecule has 2 unspecified atom stereocenters. The minimum Gasteiger partial charge on any atom is -0.497 e. The number of rotatable bonds is 12. The molecule has 0 bridgehead atoms. The van der Waals surface area contributed by atoms with Crippen molar-refractivity contribution in [2.45, 2.75) is 57.6 Å². The second-order valence-corrected chi connectivity index (χ2v) is 11.5. The molecular formula is C30H36FN3O5S. The van der Waals surface area contributed by atoms with Gasteiger partial charge in [0.1, 0.15) is 24.2 Å². The summed E-state index contributed by atoms with van der Waals surface area (Å²) in [6.45, 7) is 6.83. The van der Waals surface area contributed by atoms with Crippen molar-refractivity contribution >= 4 is 27.5 Å². The molecule has 0 spiro atoms. The first-order valence-corrected chi connectivity index (χ1v) is 14.5. The van der Waals surface area contributed by atoms with Crippen LogP contribution < -0.4 is 14.4 Å². The van der Waals surface area contributed by atoms with Gasteiger partial charge >= 0.3 is 0 Å². The topological polar surface area (TPSA) is 96.0 Å². The summed E-state index contributed by atoms with van der Waals surface area (Å²) in [5.41, 5.74) is 1.86. The summed E-state index contributed by atoms with van der Waals surface area (Å²) >= 11 is 0. The van der Waals surface area contributed by atoms with Crippen molar-refractivity contribution in [3.8, 4) is 5.75 Å². The van der Waals surface area contributed by atoms with Crippen LogP contribution in [0.25, 0.3) is 0 Å². The summed E-state index contributed by atoms with van der Waals surface area (Å²) in [5, 5.41) is 2.90. The van der Waals surface area contributed by atoms with E-state index in [1.54, 1.807) is 6.92 Å². The van der Waals surface area contributed by atoms with Crippen molar-refractivity contribution < 1.29 is 27.1 Å². The molecule has 10 heteroatoms. The maximum atomic E-state index is 13.9. The number of carbonyl (C=O) groups excluding carboxylic acids is 2. The van der Waals surface area contributed by atoms with Crippen LogP contribution in [-0.2, 0) is 26.2 Å². The van der Waals surface area contributed by atoms with Gasteiger partial charge in [-0.25, -0.2) is 12.8 Å². The van der Waals surface area contributed by atoms with E-state index in [2.05, 4.69) is 5.32 Å². The monoisotopic (exact) mass is 569 g/mol. The fraction of sp³-hybridized carbons (Fsp3) is 0.333. The van der Waals surface area contributed by atoms with Crippen molar-refractivity contribution in [2.75, 3.05) is 18.0 Å². The SMILES string of the molecule is CCC(C)NC(=O)C(C)N(Cc1ccccc1C)C(=O)CN(c1ccc(F)cc1)S(=O)(=O)c1ccc(OC)cc1. The molecule has 0 aromatic heterocycles. The Hall–Kier alpha value is -3.92. The summed E-state index contributed by atoms with van der Waals surface area (Å²) in [7, 11) is -2.80. The Bertz CT molecular complexity index is 1410. The Morgan fingerprint density at radius 2 is 1.60 bits per heavy atom. The van der Waals surface area contributed by atoms with Gasteiger partial charge in [-0.3, -0.25) is 13.9 Å². The fourth-order valence-corrected chi connectivity index (χ4v) is 5.44. The van der Waals surface area contributed by atoms with Gasteiger partial charge in [-0.15, -0.1) is 0 Å². The number of nitrogens with zero attached hydrogens (tertiary/aromatic N) is 2. The highest BCUT2D eigenvalue weighted by atomic mass is 32.2. The average Bonchev–Trinajstić information content (AvgIpc) is 2.95. The van der Waals surface area contributed by atoms with E-state index in [1.165, 1.54) is 48.4 Å². The van der Waals surface area contributed by atoms with Gasteiger partial charge in [0, 0.05) is 12.6 Å². The third-order valence-electron chi connectivity index (χ3n) is 6.81. The molecule has 214 valence electrons. The third-order valence-corrected chi connectivity index (χ3v) is 8.60. The summed E-state index contributed by atoms with van der Waals surface area (Å²) in [4.78, 5) is 28.4. The van der Waals surface area contributed by atoms with E-state index in [4.69, 9.17) is 4.74 Å². The largest absolute Gasteiger partial charge is 0.497 e. The zero-order chi connectivity index (χ0) is 29.4. The maximum Gasteiger partial charge on any atom is 0.264 e. The number of aryl methyl sites for hydroxylation is 1. The van der Waals surface area contributed by atoms with Crippen LogP contribution in [0.3, 0.4) is 0 Å². The molecule has 40 heavy (non-hydrogen) atoms. The summed E-state index contributed by atoms with van der Waals surface area (Å²) in [6, 6.07) is 17.1. The predicted molar refractivity (Wildman–Crippen MR) is 153 cm³/mol. The highest BCUT2D eigenvalue weighted by Crippen LogP contribution is 2.26. The van der Waals surface area contributed by atoms with Crippen LogP contribution in [0.4, 0.5) is 10.1 Å². The van der Waals surface area contributed by atoms with E-state index >= 15 is 0 Å².